The van der Waals surface area contributed by atoms with E-state index in [0.717, 1.165) is 44.3 Å². The fraction of sp³-hybridized carbons (Fsp3) is 0.833. The average molecular weight is 249 g/mol. The van der Waals surface area contributed by atoms with Gasteiger partial charge in [0.05, 0.1) is 12.1 Å². The average Bonchev–Trinajstić information content (AvgIpc) is 3.11. The predicted octanol–water partition coefficient (Wildman–Crippen LogP) is 0.166. The molecule has 1 aromatic heterocycles. The van der Waals surface area contributed by atoms with E-state index in [-0.39, 0.29) is 6.04 Å². The maximum Gasteiger partial charge on any atom is 0.243 e. The summed E-state index contributed by atoms with van der Waals surface area (Å²) in [7, 11) is 0. The van der Waals surface area contributed by atoms with Crippen LogP contribution in [-0.2, 0) is 0 Å². The number of rotatable bonds is 2. The monoisotopic (exact) mass is 249 g/mol. The van der Waals surface area contributed by atoms with Gasteiger partial charge in [-0.25, -0.2) is 0 Å². The summed E-state index contributed by atoms with van der Waals surface area (Å²) in [6.07, 6.45) is 2.31. The van der Waals surface area contributed by atoms with Gasteiger partial charge in [-0.3, -0.25) is 9.80 Å². The normalized spacial score (nSPS) is 39.3. The zero-order valence-electron chi connectivity index (χ0n) is 10.5. The molecule has 0 aromatic carbocycles. The molecule has 5 rings (SSSR count). The minimum absolute atomic E-state index is 0.280. The molecule has 18 heavy (non-hydrogen) atoms. The van der Waals surface area contributed by atoms with Gasteiger partial charge in [0, 0.05) is 32.7 Å². The van der Waals surface area contributed by atoms with Crippen LogP contribution in [0.5, 0.6) is 0 Å². The van der Waals surface area contributed by atoms with Crippen molar-refractivity contribution in [1.29, 1.82) is 0 Å². The molecule has 0 spiro atoms. The van der Waals surface area contributed by atoms with Crippen molar-refractivity contribution in [3.8, 4) is 0 Å². The highest BCUT2D eigenvalue weighted by atomic mass is 16.5. The Bertz CT molecular complexity index is 420. The van der Waals surface area contributed by atoms with Crippen LogP contribution in [0.3, 0.4) is 0 Å². The number of nitrogens with one attached hydrogen (secondary N) is 1. The van der Waals surface area contributed by atoms with Crippen LogP contribution in [0.1, 0.15) is 36.6 Å². The molecule has 6 nitrogen and oxygen atoms in total. The Morgan fingerprint density at radius 1 is 1.22 bits per heavy atom. The van der Waals surface area contributed by atoms with Crippen LogP contribution < -0.4 is 5.32 Å². The van der Waals surface area contributed by atoms with Gasteiger partial charge < -0.3 is 9.84 Å². The van der Waals surface area contributed by atoms with Gasteiger partial charge in [-0.15, -0.1) is 0 Å². The standard InChI is InChI=1S/C12H19N5O/c1-2-9(13-3-1)12-14-11(15-18-12)10-8-16-4-6-17(10)7-5-16/h9-10,13H,1-8H2/t9-,10?/m1/s1. The zero-order valence-corrected chi connectivity index (χ0v) is 10.5. The Balaban J connectivity index is 1.54. The van der Waals surface area contributed by atoms with Crippen molar-refractivity contribution >= 4 is 0 Å². The summed E-state index contributed by atoms with van der Waals surface area (Å²) in [5, 5.41) is 7.61. The number of nitrogens with zero attached hydrogens (tertiary/aromatic N) is 4. The minimum atomic E-state index is 0.280. The molecule has 0 radical (unpaired) electrons. The fourth-order valence-electron chi connectivity index (χ4n) is 3.28. The van der Waals surface area contributed by atoms with E-state index in [4.69, 9.17) is 4.52 Å². The van der Waals surface area contributed by atoms with Crippen LogP contribution in [-0.4, -0.2) is 59.2 Å². The molecular weight excluding hydrogens is 230 g/mol. The molecule has 6 heteroatoms. The van der Waals surface area contributed by atoms with Gasteiger partial charge >= 0.3 is 0 Å². The second-order valence-corrected chi connectivity index (χ2v) is 5.49. The molecule has 4 aliphatic heterocycles. The molecule has 2 atom stereocenters. The van der Waals surface area contributed by atoms with Gasteiger partial charge in [0.2, 0.25) is 5.89 Å². The van der Waals surface area contributed by atoms with Gasteiger partial charge in [-0.05, 0) is 19.4 Å². The van der Waals surface area contributed by atoms with E-state index in [2.05, 4.69) is 25.3 Å². The molecule has 1 N–H and O–H groups in total. The molecule has 4 fully saturated rings. The van der Waals surface area contributed by atoms with E-state index < -0.39 is 0 Å². The molecule has 1 aromatic rings. The molecule has 4 aliphatic rings. The third-order valence-electron chi connectivity index (χ3n) is 4.39. The van der Waals surface area contributed by atoms with Crippen molar-refractivity contribution in [2.24, 2.45) is 0 Å². The lowest BCUT2D eigenvalue weighted by molar-refractivity contribution is 0.00781. The van der Waals surface area contributed by atoms with Crippen molar-refractivity contribution in [1.82, 2.24) is 25.3 Å². The third kappa shape index (κ3) is 1.75. The summed E-state index contributed by atoms with van der Waals surface area (Å²) in [5.41, 5.74) is 0. The summed E-state index contributed by atoms with van der Waals surface area (Å²) in [6, 6.07) is 0.619. The molecular formula is C12H19N5O. The summed E-state index contributed by atoms with van der Waals surface area (Å²) in [4.78, 5) is 9.60. The second kappa shape index (κ2) is 4.29. The van der Waals surface area contributed by atoms with Gasteiger partial charge in [0.15, 0.2) is 5.82 Å². The van der Waals surface area contributed by atoms with Crippen LogP contribution in [0.4, 0.5) is 0 Å². The lowest BCUT2D eigenvalue weighted by atomic mass is 10.1. The van der Waals surface area contributed by atoms with Gasteiger partial charge in [0.25, 0.3) is 0 Å². The zero-order chi connectivity index (χ0) is 11.9. The van der Waals surface area contributed by atoms with Gasteiger partial charge in [-0.1, -0.05) is 5.16 Å². The van der Waals surface area contributed by atoms with Crippen molar-refractivity contribution in [2.75, 3.05) is 39.3 Å². The van der Waals surface area contributed by atoms with E-state index >= 15 is 0 Å². The maximum atomic E-state index is 5.44. The number of fused-ring (bicyclic) bond motifs is 3. The minimum Gasteiger partial charge on any atom is -0.338 e. The van der Waals surface area contributed by atoms with E-state index in [1.807, 2.05) is 0 Å². The molecule has 0 saturated carbocycles. The smallest absolute Gasteiger partial charge is 0.243 e. The van der Waals surface area contributed by atoms with Crippen molar-refractivity contribution < 1.29 is 4.52 Å². The molecule has 0 aliphatic carbocycles. The number of hydrogen-bond donors (Lipinski definition) is 1. The Labute approximate surface area is 106 Å². The van der Waals surface area contributed by atoms with E-state index in [9.17, 15) is 0 Å². The lowest BCUT2D eigenvalue weighted by Crippen LogP contribution is -2.57. The summed E-state index contributed by atoms with van der Waals surface area (Å²) < 4.78 is 5.44. The highest BCUT2D eigenvalue weighted by Crippen LogP contribution is 2.28. The summed E-state index contributed by atoms with van der Waals surface area (Å²) in [5.74, 6) is 1.66. The quantitative estimate of drug-likeness (QED) is 0.806. The van der Waals surface area contributed by atoms with Gasteiger partial charge in [-0.2, -0.15) is 4.98 Å². The molecule has 5 heterocycles. The van der Waals surface area contributed by atoms with E-state index in [1.54, 1.807) is 0 Å². The van der Waals surface area contributed by atoms with Crippen molar-refractivity contribution in [3.05, 3.63) is 11.7 Å². The SMILES string of the molecule is C1CN[C@@H](c2nc(C3CN4CCN3CC4)no2)C1. The first-order chi connectivity index (χ1) is 8.90. The van der Waals surface area contributed by atoms with Crippen LogP contribution >= 0.6 is 0 Å². The third-order valence-corrected chi connectivity index (χ3v) is 4.39. The molecule has 4 saturated heterocycles. The molecule has 98 valence electrons. The number of aromatic nitrogens is 2. The first kappa shape index (κ1) is 10.9. The molecule has 2 bridgehead atoms. The first-order valence-corrected chi connectivity index (χ1v) is 6.93. The fourth-order valence-corrected chi connectivity index (χ4v) is 3.28. The number of piperazine rings is 3. The highest BCUT2D eigenvalue weighted by Gasteiger charge is 2.36. The molecule has 1 unspecified atom stereocenters. The lowest BCUT2D eigenvalue weighted by Gasteiger charge is -2.46. The predicted molar refractivity (Wildman–Crippen MR) is 65.0 cm³/mol. The van der Waals surface area contributed by atoms with Crippen LogP contribution in [0.15, 0.2) is 4.52 Å². The van der Waals surface area contributed by atoms with Crippen molar-refractivity contribution in [3.63, 3.8) is 0 Å². The summed E-state index contributed by atoms with van der Waals surface area (Å²) in [6.45, 7) is 6.76. The van der Waals surface area contributed by atoms with Gasteiger partial charge in [0.1, 0.15) is 0 Å². The maximum absolute atomic E-state index is 5.44. The first-order valence-electron chi connectivity index (χ1n) is 6.93. The van der Waals surface area contributed by atoms with E-state index in [1.165, 1.54) is 19.5 Å². The largest absolute Gasteiger partial charge is 0.338 e. The molecule has 0 amide bonds. The summed E-state index contributed by atoms with van der Waals surface area (Å²) >= 11 is 0. The van der Waals surface area contributed by atoms with Crippen LogP contribution in [0.2, 0.25) is 0 Å². The van der Waals surface area contributed by atoms with Crippen molar-refractivity contribution in [2.45, 2.75) is 24.9 Å². The Morgan fingerprint density at radius 3 is 2.78 bits per heavy atom. The number of hydrogen-bond acceptors (Lipinski definition) is 6. The highest BCUT2D eigenvalue weighted by molar-refractivity contribution is 5.03. The second-order valence-electron chi connectivity index (χ2n) is 5.49. The van der Waals surface area contributed by atoms with Crippen LogP contribution in [0, 0.1) is 0 Å². The van der Waals surface area contributed by atoms with E-state index in [0.29, 0.717) is 6.04 Å². The Kier molecular flexibility index (Phi) is 2.60. The Hall–Kier alpha value is -0.980. The topological polar surface area (TPSA) is 57.4 Å². The Morgan fingerprint density at radius 2 is 2.11 bits per heavy atom. The van der Waals surface area contributed by atoms with Crippen LogP contribution in [0.25, 0.3) is 0 Å².